The average molecular weight is 422 g/mol. The normalized spacial score (nSPS) is 10.8. The van der Waals surface area contributed by atoms with Gasteiger partial charge in [0.25, 0.3) is 5.91 Å². The first-order valence-corrected chi connectivity index (χ1v) is 10.9. The molecule has 0 saturated heterocycles. The highest BCUT2D eigenvalue weighted by Crippen LogP contribution is 2.26. The van der Waals surface area contributed by atoms with E-state index in [1.807, 2.05) is 37.3 Å². The van der Waals surface area contributed by atoms with Crippen LogP contribution < -0.4 is 5.32 Å². The van der Waals surface area contributed by atoms with Crippen LogP contribution in [0.15, 0.2) is 54.3 Å². The maximum Gasteiger partial charge on any atom is 0.263 e. The van der Waals surface area contributed by atoms with Gasteiger partial charge in [-0.1, -0.05) is 6.07 Å². The van der Waals surface area contributed by atoms with Crippen molar-refractivity contribution in [1.29, 1.82) is 0 Å². The molecule has 1 amide bonds. The molecule has 0 aliphatic rings. The Kier molecular flexibility index (Phi) is 6.02. The second-order valence-corrected chi connectivity index (χ2v) is 8.31. The molecule has 4 aromatic heterocycles. The summed E-state index contributed by atoms with van der Waals surface area (Å²) in [5, 5.41) is 6.88. The Hall–Kier alpha value is -2.97. The fraction of sp³-hybridized carbons (Fsp3) is 0.190. The lowest BCUT2D eigenvalue weighted by Crippen LogP contribution is -2.24. The molecule has 29 heavy (non-hydrogen) atoms. The molecule has 146 valence electrons. The average Bonchev–Trinajstić information content (AvgIpc) is 3.39. The summed E-state index contributed by atoms with van der Waals surface area (Å²) in [6, 6.07) is 9.58. The third kappa shape index (κ3) is 4.72. The third-order valence-electron chi connectivity index (χ3n) is 4.27. The second-order valence-electron chi connectivity index (χ2n) is 6.37. The van der Waals surface area contributed by atoms with E-state index in [0.717, 1.165) is 45.5 Å². The lowest BCUT2D eigenvalue weighted by atomic mass is 10.2. The fourth-order valence-electron chi connectivity index (χ4n) is 2.81. The predicted octanol–water partition coefficient (Wildman–Crippen LogP) is 4.39. The Bertz CT molecular complexity index is 1090. The zero-order valence-electron chi connectivity index (χ0n) is 15.8. The number of nitrogens with zero attached hydrogens (tertiary/aromatic N) is 4. The highest BCUT2D eigenvalue weighted by atomic mass is 32.1. The molecule has 0 atom stereocenters. The van der Waals surface area contributed by atoms with Gasteiger partial charge in [0.05, 0.1) is 22.1 Å². The van der Waals surface area contributed by atoms with Gasteiger partial charge in [-0.25, -0.2) is 9.97 Å². The van der Waals surface area contributed by atoms with Crippen molar-refractivity contribution < 1.29 is 4.79 Å². The highest BCUT2D eigenvalue weighted by Gasteiger charge is 2.16. The number of nitrogens with one attached hydrogen (secondary N) is 1. The molecule has 0 bridgehead atoms. The fourth-order valence-corrected chi connectivity index (χ4v) is 4.62. The molecule has 0 radical (unpaired) electrons. The SMILES string of the molecule is Cc1nc(-c2ccccn2)sc1C(=O)NCCCc1nc(-c2ccncc2)cs1. The second kappa shape index (κ2) is 9.02. The van der Waals surface area contributed by atoms with E-state index in [0.29, 0.717) is 11.4 Å². The molecular formula is C21H19N5OS2. The van der Waals surface area contributed by atoms with E-state index in [1.54, 1.807) is 29.9 Å². The van der Waals surface area contributed by atoms with E-state index >= 15 is 0 Å². The van der Waals surface area contributed by atoms with E-state index in [4.69, 9.17) is 0 Å². The van der Waals surface area contributed by atoms with Gasteiger partial charge < -0.3 is 5.32 Å². The molecule has 0 aliphatic heterocycles. The Morgan fingerprint density at radius 1 is 1.07 bits per heavy atom. The van der Waals surface area contributed by atoms with Crippen molar-refractivity contribution in [2.75, 3.05) is 6.54 Å². The highest BCUT2D eigenvalue weighted by molar-refractivity contribution is 7.17. The Morgan fingerprint density at radius 2 is 1.93 bits per heavy atom. The molecule has 0 unspecified atom stereocenters. The molecule has 4 aromatic rings. The van der Waals surface area contributed by atoms with E-state index in [9.17, 15) is 4.79 Å². The maximum atomic E-state index is 12.5. The number of hydrogen-bond donors (Lipinski definition) is 1. The van der Waals surface area contributed by atoms with Gasteiger partial charge in [0, 0.05) is 42.5 Å². The molecular weight excluding hydrogens is 402 g/mol. The summed E-state index contributed by atoms with van der Waals surface area (Å²) in [6.45, 7) is 2.45. The molecule has 0 aromatic carbocycles. The smallest absolute Gasteiger partial charge is 0.263 e. The first kappa shape index (κ1) is 19.4. The van der Waals surface area contributed by atoms with Crippen molar-refractivity contribution in [3.05, 3.63) is 69.9 Å². The van der Waals surface area contributed by atoms with Crippen LogP contribution in [0.2, 0.25) is 0 Å². The monoisotopic (exact) mass is 421 g/mol. The number of rotatable bonds is 7. The Morgan fingerprint density at radius 3 is 2.72 bits per heavy atom. The van der Waals surface area contributed by atoms with Crippen molar-refractivity contribution in [1.82, 2.24) is 25.3 Å². The van der Waals surface area contributed by atoms with Crippen LogP contribution in [0.25, 0.3) is 22.0 Å². The van der Waals surface area contributed by atoms with Crippen LogP contribution in [-0.4, -0.2) is 32.4 Å². The summed E-state index contributed by atoms with van der Waals surface area (Å²) >= 11 is 3.02. The summed E-state index contributed by atoms with van der Waals surface area (Å²) in [5.74, 6) is -0.0844. The molecule has 4 heterocycles. The van der Waals surface area contributed by atoms with Gasteiger partial charge >= 0.3 is 0 Å². The van der Waals surface area contributed by atoms with E-state index < -0.39 is 0 Å². The summed E-state index contributed by atoms with van der Waals surface area (Å²) < 4.78 is 0. The van der Waals surface area contributed by atoms with Crippen LogP contribution in [-0.2, 0) is 6.42 Å². The van der Waals surface area contributed by atoms with Crippen LogP contribution in [0.5, 0.6) is 0 Å². The lowest BCUT2D eigenvalue weighted by Gasteiger charge is -2.03. The summed E-state index contributed by atoms with van der Waals surface area (Å²) in [4.78, 5) is 30.7. The Labute approximate surface area is 176 Å². The van der Waals surface area contributed by atoms with Crippen molar-refractivity contribution in [2.24, 2.45) is 0 Å². The van der Waals surface area contributed by atoms with Gasteiger partial charge in [-0.3, -0.25) is 14.8 Å². The zero-order valence-corrected chi connectivity index (χ0v) is 17.5. The van der Waals surface area contributed by atoms with Gasteiger partial charge in [-0.2, -0.15) is 0 Å². The molecule has 0 saturated carbocycles. The predicted molar refractivity (Wildman–Crippen MR) is 116 cm³/mol. The maximum absolute atomic E-state index is 12.5. The van der Waals surface area contributed by atoms with Crippen molar-refractivity contribution >= 4 is 28.6 Å². The van der Waals surface area contributed by atoms with Crippen LogP contribution in [0, 0.1) is 6.92 Å². The summed E-state index contributed by atoms with van der Waals surface area (Å²) in [6.07, 6.45) is 6.93. The molecule has 8 heteroatoms. The number of hydrogen-bond acceptors (Lipinski definition) is 7. The molecule has 6 nitrogen and oxygen atoms in total. The Balaban J connectivity index is 1.30. The van der Waals surface area contributed by atoms with Gasteiger partial charge in [0.15, 0.2) is 0 Å². The quantitative estimate of drug-likeness (QED) is 0.448. The van der Waals surface area contributed by atoms with E-state index in [2.05, 4.69) is 30.6 Å². The number of carbonyl (C=O) groups is 1. The summed E-state index contributed by atoms with van der Waals surface area (Å²) in [7, 11) is 0. The lowest BCUT2D eigenvalue weighted by molar-refractivity contribution is 0.0956. The van der Waals surface area contributed by atoms with Gasteiger partial charge in [0.2, 0.25) is 0 Å². The molecule has 0 aliphatic carbocycles. The third-order valence-corrected chi connectivity index (χ3v) is 6.35. The molecule has 1 N–H and O–H groups in total. The van der Waals surface area contributed by atoms with Crippen LogP contribution in [0.3, 0.4) is 0 Å². The summed E-state index contributed by atoms with van der Waals surface area (Å²) in [5.41, 5.74) is 3.56. The first-order valence-electron chi connectivity index (χ1n) is 9.22. The van der Waals surface area contributed by atoms with E-state index in [-0.39, 0.29) is 5.91 Å². The molecule has 4 rings (SSSR count). The van der Waals surface area contributed by atoms with Crippen molar-refractivity contribution in [2.45, 2.75) is 19.8 Å². The number of pyridine rings is 2. The first-order chi connectivity index (χ1) is 14.2. The minimum atomic E-state index is -0.0844. The van der Waals surface area contributed by atoms with E-state index in [1.165, 1.54) is 11.3 Å². The van der Waals surface area contributed by atoms with Crippen LogP contribution in [0.4, 0.5) is 0 Å². The van der Waals surface area contributed by atoms with Crippen molar-refractivity contribution in [3.8, 4) is 22.0 Å². The molecule has 0 spiro atoms. The van der Waals surface area contributed by atoms with Crippen LogP contribution >= 0.6 is 22.7 Å². The van der Waals surface area contributed by atoms with Crippen molar-refractivity contribution in [3.63, 3.8) is 0 Å². The standard InChI is InChI=1S/C21H19N5OS2/c1-14-19(29-21(25-14)16-5-2-3-9-23-16)20(27)24-10-4-6-18-26-17(13-28-18)15-7-11-22-12-8-15/h2-3,5,7-9,11-13H,4,6,10H2,1H3,(H,24,27). The topological polar surface area (TPSA) is 80.7 Å². The molecule has 0 fully saturated rings. The van der Waals surface area contributed by atoms with Gasteiger partial charge in [0.1, 0.15) is 9.88 Å². The number of amides is 1. The van der Waals surface area contributed by atoms with Crippen LogP contribution in [0.1, 0.15) is 26.8 Å². The van der Waals surface area contributed by atoms with Gasteiger partial charge in [-0.05, 0) is 37.6 Å². The minimum absolute atomic E-state index is 0.0844. The number of thiazole rings is 2. The minimum Gasteiger partial charge on any atom is -0.351 e. The number of aromatic nitrogens is 4. The van der Waals surface area contributed by atoms with Gasteiger partial charge in [-0.15, -0.1) is 22.7 Å². The largest absolute Gasteiger partial charge is 0.351 e. The number of aryl methyl sites for hydroxylation is 2. The zero-order chi connectivity index (χ0) is 20.1. The number of carbonyl (C=O) groups excluding carboxylic acids is 1.